The van der Waals surface area contributed by atoms with E-state index in [-0.39, 0.29) is 12.4 Å². The third-order valence-corrected chi connectivity index (χ3v) is 3.34. The van der Waals surface area contributed by atoms with Gasteiger partial charge in [-0.2, -0.15) is 0 Å². The maximum atomic E-state index is 11.3. The van der Waals surface area contributed by atoms with E-state index >= 15 is 0 Å². The maximum absolute atomic E-state index is 11.3. The lowest BCUT2D eigenvalue weighted by molar-refractivity contribution is -0.142. The highest BCUT2D eigenvalue weighted by molar-refractivity contribution is 5.85. The van der Waals surface area contributed by atoms with Crippen LogP contribution in [0.5, 0.6) is 5.75 Å². The van der Waals surface area contributed by atoms with Crippen molar-refractivity contribution in [1.82, 2.24) is 0 Å². The molecule has 2 N–H and O–H groups in total. The standard InChI is InChI=1S/C17H19NO3.ClH/c1-20-15-9-7-14(8-10-15)13-5-3-12(4-6-13)11-16(18)17(19)21-2;/h3-10,16H,11,18H2,1-2H3;1H. The van der Waals surface area contributed by atoms with Gasteiger partial charge in [0, 0.05) is 0 Å². The molecule has 1 unspecified atom stereocenters. The van der Waals surface area contributed by atoms with Gasteiger partial charge in [-0.1, -0.05) is 36.4 Å². The summed E-state index contributed by atoms with van der Waals surface area (Å²) in [6.45, 7) is 0. The van der Waals surface area contributed by atoms with Crippen molar-refractivity contribution < 1.29 is 14.3 Å². The molecule has 0 bridgehead atoms. The van der Waals surface area contributed by atoms with Crippen molar-refractivity contribution in [2.75, 3.05) is 14.2 Å². The first-order valence-electron chi connectivity index (χ1n) is 6.71. The van der Waals surface area contributed by atoms with Crippen molar-refractivity contribution in [3.63, 3.8) is 0 Å². The number of methoxy groups -OCH3 is 2. The molecule has 22 heavy (non-hydrogen) atoms. The van der Waals surface area contributed by atoms with Crippen LogP contribution in [0.2, 0.25) is 0 Å². The van der Waals surface area contributed by atoms with Gasteiger partial charge >= 0.3 is 5.97 Å². The van der Waals surface area contributed by atoms with E-state index in [1.165, 1.54) is 7.11 Å². The Labute approximate surface area is 136 Å². The molecule has 0 heterocycles. The summed E-state index contributed by atoms with van der Waals surface area (Å²) in [6.07, 6.45) is 0.468. The van der Waals surface area contributed by atoms with Crippen LogP contribution >= 0.6 is 12.4 Å². The maximum Gasteiger partial charge on any atom is 0.322 e. The SMILES string of the molecule is COC(=O)C(N)Cc1ccc(-c2ccc(OC)cc2)cc1.Cl. The molecule has 0 saturated carbocycles. The number of carbonyl (C=O) groups excluding carboxylic acids is 1. The fourth-order valence-electron chi connectivity index (χ4n) is 2.11. The van der Waals surface area contributed by atoms with Crippen molar-refractivity contribution >= 4 is 18.4 Å². The number of rotatable bonds is 5. The van der Waals surface area contributed by atoms with Gasteiger partial charge in [0.1, 0.15) is 11.8 Å². The molecule has 4 nitrogen and oxygen atoms in total. The largest absolute Gasteiger partial charge is 0.497 e. The first-order valence-corrected chi connectivity index (χ1v) is 6.71. The Balaban J connectivity index is 0.00000242. The molecule has 2 rings (SSSR count). The monoisotopic (exact) mass is 321 g/mol. The molecule has 2 aromatic rings. The minimum absolute atomic E-state index is 0. The van der Waals surface area contributed by atoms with Crippen LogP contribution < -0.4 is 10.5 Å². The Bertz CT molecular complexity index is 596. The molecule has 0 saturated heterocycles. The first kappa shape index (κ1) is 18.0. The number of ether oxygens (including phenoxy) is 2. The molecular formula is C17H20ClNO3. The molecule has 0 aliphatic carbocycles. The molecule has 0 aliphatic heterocycles. The summed E-state index contributed by atoms with van der Waals surface area (Å²) in [5.74, 6) is 0.439. The average molecular weight is 322 g/mol. The van der Waals surface area contributed by atoms with Gasteiger partial charge < -0.3 is 15.2 Å². The summed E-state index contributed by atoms with van der Waals surface area (Å²) in [6, 6.07) is 15.2. The molecule has 0 spiro atoms. The molecule has 0 aromatic heterocycles. The van der Waals surface area contributed by atoms with E-state index in [2.05, 4.69) is 4.74 Å². The average Bonchev–Trinajstić information content (AvgIpc) is 2.55. The van der Waals surface area contributed by atoms with E-state index in [1.807, 2.05) is 48.5 Å². The second kappa shape index (κ2) is 8.41. The van der Waals surface area contributed by atoms with Crippen LogP contribution in [0.3, 0.4) is 0 Å². The quantitative estimate of drug-likeness (QED) is 0.860. The van der Waals surface area contributed by atoms with Crippen molar-refractivity contribution in [3.05, 3.63) is 54.1 Å². The first-order chi connectivity index (χ1) is 10.1. The normalized spacial score (nSPS) is 11.2. The van der Waals surface area contributed by atoms with Gasteiger partial charge in [0.25, 0.3) is 0 Å². The van der Waals surface area contributed by atoms with Crippen LogP contribution in [0.25, 0.3) is 11.1 Å². The highest BCUT2D eigenvalue weighted by Crippen LogP contribution is 2.22. The molecule has 5 heteroatoms. The number of esters is 1. The zero-order valence-corrected chi connectivity index (χ0v) is 13.4. The molecule has 2 aromatic carbocycles. The number of carbonyl (C=O) groups is 1. The summed E-state index contributed by atoms with van der Waals surface area (Å²) >= 11 is 0. The second-order valence-corrected chi connectivity index (χ2v) is 4.76. The van der Waals surface area contributed by atoms with Crippen molar-refractivity contribution in [2.45, 2.75) is 12.5 Å². The lowest BCUT2D eigenvalue weighted by Crippen LogP contribution is -2.33. The van der Waals surface area contributed by atoms with E-state index in [4.69, 9.17) is 10.5 Å². The van der Waals surface area contributed by atoms with Crippen LogP contribution in [-0.2, 0) is 16.0 Å². The van der Waals surface area contributed by atoms with Crippen LogP contribution in [-0.4, -0.2) is 26.2 Å². The molecule has 1 atom stereocenters. The number of nitrogens with two attached hydrogens (primary N) is 1. The van der Waals surface area contributed by atoms with Gasteiger partial charge in [0.15, 0.2) is 0 Å². The highest BCUT2D eigenvalue weighted by atomic mass is 35.5. The number of halogens is 1. The number of benzene rings is 2. The van der Waals surface area contributed by atoms with Gasteiger partial charge in [0.2, 0.25) is 0 Å². The van der Waals surface area contributed by atoms with E-state index < -0.39 is 12.0 Å². The zero-order valence-electron chi connectivity index (χ0n) is 12.6. The van der Waals surface area contributed by atoms with E-state index in [9.17, 15) is 4.79 Å². The van der Waals surface area contributed by atoms with E-state index in [1.54, 1.807) is 7.11 Å². The Morgan fingerprint density at radius 3 is 1.95 bits per heavy atom. The Morgan fingerprint density at radius 2 is 1.50 bits per heavy atom. The van der Waals surface area contributed by atoms with Crippen LogP contribution in [0.15, 0.2) is 48.5 Å². The Kier molecular flexibility index (Phi) is 6.89. The predicted octanol–water partition coefficient (Wildman–Crippen LogP) is 2.83. The van der Waals surface area contributed by atoms with Crippen molar-refractivity contribution in [3.8, 4) is 16.9 Å². The summed E-state index contributed by atoms with van der Waals surface area (Å²) in [5, 5.41) is 0. The topological polar surface area (TPSA) is 61.5 Å². The lowest BCUT2D eigenvalue weighted by atomic mass is 10.0. The summed E-state index contributed by atoms with van der Waals surface area (Å²) in [5.41, 5.74) is 8.97. The second-order valence-electron chi connectivity index (χ2n) is 4.76. The van der Waals surface area contributed by atoms with Crippen LogP contribution in [0, 0.1) is 0 Å². The third kappa shape index (κ3) is 4.48. The summed E-state index contributed by atoms with van der Waals surface area (Å²) in [4.78, 5) is 11.3. The van der Waals surface area contributed by atoms with Gasteiger partial charge in [-0.05, 0) is 35.2 Å². The fourth-order valence-corrected chi connectivity index (χ4v) is 2.11. The smallest absolute Gasteiger partial charge is 0.322 e. The van der Waals surface area contributed by atoms with Gasteiger partial charge in [0.05, 0.1) is 14.2 Å². The highest BCUT2D eigenvalue weighted by Gasteiger charge is 2.14. The minimum atomic E-state index is -0.623. The van der Waals surface area contributed by atoms with E-state index in [0.29, 0.717) is 6.42 Å². The zero-order chi connectivity index (χ0) is 15.2. The molecule has 0 amide bonds. The molecular weight excluding hydrogens is 302 g/mol. The lowest BCUT2D eigenvalue weighted by Gasteiger charge is -2.10. The molecule has 0 fully saturated rings. The Hall–Kier alpha value is -2.04. The third-order valence-electron chi connectivity index (χ3n) is 3.34. The number of hydrogen-bond acceptors (Lipinski definition) is 4. The van der Waals surface area contributed by atoms with Gasteiger partial charge in [-0.25, -0.2) is 0 Å². The number of hydrogen-bond donors (Lipinski definition) is 1. The van der Waals surface area contributed by atoms with E-state index in [0.717, 1.165) is 22.4 Å². The van der Waals surface area contributed by atoms with Crippen molar-refractivity contribution in [1.29, 1.82) is 0 Å². The fraction of sp³-hybridized carbons (Fsp3) is 0.235. The summed E-state index contributed by atoms with van der Waals surface area (Å²) in [7, 11) is 2.99. The molecule has 118 valence electrons. The molecule has 0 radical (unpaired) electrons. The van der Waals surface area contributed by atoms with Gasteiger partial charge in [-0.3, -0.25) is 4.79 Å². The Morgan fingerprint density at radius 1 is 1.00 bits per heavy atom. The summed E-state index contributed by atoms with van der Waals surface area (Å²) < 4.78 is 9.77. The van der Waals surface area contributed by atoms with Crippen LogP contribution in [0.1, 0.15) is 5.56 Å². The minimum Gasteiger partial charge on any atom is -0.497 e. The predicted molar refractivity (Wildman–Crippen MR) is 89.4 cm³/mol. The molecule has 0 aliphatic rings. The van der Waals surface area contributed by atoms with Crippen molar-refractivity contribution in [2.24, 2.45) is 5.73 Å². The van der Waals surface area contributed by atoms with Crippen LogP contribution in [0.4, 0.5) is 0 Å². The van der Waals surface area contributed by atoms with Gasteiger partial charge in [-0.15, -0.1) is 12.4 Å².